The molecule has 1 aliphatic rings. The summed E-state index contributed by atoms with van der Waals surface area (Å²) in [4.78, 5) is 21.5. The van der Waals surface area contributed by atoms with E-state index in [4.69, 9.17) is 19.6 Å². The van der Waals surface area contributed by atoms with Gasteiger partial charge in [-0.3, -0.25) is 4.79 Å². The molecule has 198 valence electrons. The number of nitrogens with zero attached hydrogens (tertiary/aromatic N) is 2. The number of carbonyl (C=O) groups is 1. The third kappa shape index (κ3) is 4.65. The number of rotatable bonds is 6. The zero-order valence-corrected chi connectivity index (χ0v) is 20.7. The van der Waals surface area contributed by atoms with Gasteiger partial charge in [0, 0.05) is 10.9 Å². The molecule has 1 amide bonds. The lowest BCUT2D eigenvalue weighted by Gasteiger charge is -2.26. The van der Waals surface area contributed by atoms with Crippen LogP contribution in [0, 0.1) is 0 Å². The predicted octanol–water partition coefficient (Wildman–Crippen LogP) is 5.19. The molecule has 1 atom stereocenters. The van der Waals surface area contributed by atoms with Crippen molar-refractivity contribution in [3.8, 4) is 23.0 Å². The minimum atomic E-state index is -4.63. The van der Waals surface area contributed by atoms with Crippen LogP contribution >= 0.6 is 0 Å². The number of nitrogens with one attached hydrogen (secondary N) is 1. The van der Waals surface area contributed by atoms with E-state index in [1.165, 1.54) is 19.2 Å². The van der Waals surface area contributed by atoms with Gasteiger partial charge in [0.15, 0.2) is 11.5 Å². The zero-order chi connectivity index (χ0) is 27.0. The highest BCUT2D eigenvalue weighted by Crippen LogP contribution is 2.37. The number of amides is 1. The molecule has 0 bridgehead atoms. The maximum Gasteiger partial charge on any atom is 0.433 e. The van der Waals surface area contributed by atoms with Gasteiger partial charge in [-0.25, -0.2) is 9.97 Å². The Labute approximate surface area is 216 Å². The first kappa shape index (κ1) is 25.5. The maximum absolute atomic E-state index is 13.3. The second kappa shape index (κ2) is 9.97. The molecule has 11 heteroatoms. The Kier molecular flexibility index (Phi) is 6.70. The van der Waals surface area contributed by atoms with Crippen molar-refractivity contribution in [3.63, 3.8) is 0 Å². The summed E-state index contributed by atoms with van der Waals surface area (Å²) in [6, 6.07) is 10.8. The lowest BCUT2D eigenvalue weighted by Crippen LogP contribution is -2.32. The van der Waals surface area contributed by atoms with E-state index in [-0.39, 0.29) is 41.2 Å². The van der Waals surface area contributed by atoms with Crippen molar-refractivity contribution in [1.82, 2.24) is 15.3 Å². The number of pyridine rings is 1. The number of benzene rings is 2. The zero-order valence-electron chi connectivity index (χ0n) is 20.7. The van der Waals surface area contributed by atoms with Gasteiger partial charge in [0.25, 0.3) is 5.91 Å². The highest BCUT2D eigenvalue weighted by molar-refractivity contribution is 5.98. The number of ether oxygens (including phenoxy) is 2. The van der Waals surface area contributed by atoms with Crippen LogP contribution in [0.15, 0.2) is 46.9 Å². The number of hydrogen-bond acceptors (Lipinski definition) is 7. The molecular formula is C27H25F3N4O4. The van der Waals surface area contributed by atoms with Crippen LogP contribution in [0.5, 0.6) is 11.5 Å². The van der Waals surface area contributed by atoms with Crippen molar-refractivity contribution in [2.24, 2.45) is 5.73 Å². The average Bonchev–Trinajstić information content (AvgIpc) is 3.36. The first-order valence-electron chi connectivity index (χ1n) is 12.0. The molecule has 0 fully saturated rings. The molecule has 8 nitrogen and oxygen atoms in total. The summed E-state index contributed by atoms with van der Waals surface area (Å²) in [6.07, 6.45) is -2.08. The van der Waals surface area contributed by atoms with Crippen LogP contribution in [0.1, 0.15) is 52.0 Å². The number of aryl methyl sites for hydroxylation is 1. The number of hydrogen-bond donors (Lipinski definition) is 2. The topological polar surface area (TPSA) is 112 Å². The fraction of sp³-hybridized carbons (Fsp3) is 0.296. The van der Waals surface area contributed by atoms with E-state index in [9.17, 15) is 18.0 Å². The molecule has 1 unspecified atom stereocenters. The van der Waals surface area contributed by atoms with E-state index in [1.54, 1.807) is 13.2 Å². The number of fused-ring (bicyclic) bond motifs is 2. The van der Waals surface area contributed by atoms with E-state index < -0.39 is 17.8 Å². The van der Waals surface area contributed by atoms with E-state index in [0.717, 1.165) is 36.5 Å². The number of aromatic nitrogens is 2. The Hall–Kier alpha value is -4.12. The van der Waals surface area contributed by atoms with Crippen LogP contribution in [0.2, 0.25) is 0 Å². The molecule has 0 spiro atoms. The summed E-state index contributed by atoms with van der Waals surface area (Å²) in [5.41, 5.74) is 7.29. The molecule has 2 heterocycles. The lowest BCUT2D eigenvalue weighted by molar-refractivity contribution is -0.140. The Morgan fingerprint density at radius 2 is 1.95 bits per heavy atom. The quantitative estimate of drug-likeness (QED) is 0.356. The Bertz CT molecular complexity index is 1520. The molecular weight excluding hydrogens is 501 g/mol. The van der Waals surface area contributed by atoms with Gasteiger partial charge in [-0.15, -0.1) is 0 Å². The highest BCUT2D eigenvalue weighted by atomic mass is 19.4. The summed E-state index contributed by atoms with van der Waals surface area (Å²) in [6.45, 7) is -0.102. The number of halogens is 3. The number of oxazole rings is 1. The van der Waals surface area contributed by atoms with Crippen molar-refractivity contribution in [1.29, 1.82) is 0 Å². The van der Waals surface area contributed by atoms with E-state index in [0.29, 0.717) is 16.7 Å². The molecule has 38 heavy (non-hydrogen) atoms. The SMILES string of the molecule is COc1ccc2c(c1)C(NC(=O)c1nc(-c3ccc(OC)c4nc(C(F)(F)F)ccc34)oc1CN)CCC2. The van der Waals surface area contributed by atoms with Crippen molar-refractivity contribution < 1.29 is 31.9 Å². The van der Waals surface area contributed by atoms with Gasteiger partial charge in [-0.2, -0.15) is 13.2 Å². The minimum Gasteiger partial charge on any atom is -0.497 e. The van der Waals surface area contributed by atoms with Gasteiger partial charge >= 0.3 is 6.18 Å². The standard InChI is InChI=1S/C27H25F3N4O4/c1-36-15-7-6-14-4-3-5-19(18(14)12-15)32-25(35)24-21(13-31)38-26(34-24)17-8-10-20(37-2)23-16(17)9-11-22(33-23)27(28,29)30/h6-12,19H,3-5,13,31H2,1-2H3,(H,32,35). The Balaban J connectivity index is 1.51. The van der Waals surface area contributed by atoms with Crippen LogP contribution in [0.3, 0.4) is 0 Å². The van der Waals surface area contributed by atoms with Crippen LogP contribution in [0.25, 0.3) is 22.4 Å². The van der Waals surface area contributed by atoms with Crippen LogP contribution in [-0.2, 0) is 19.1 Å². The minimum absolute atomic E-state index is 0.00825. The second-order valence-corrected chi connectivity index (χ2v) is 8.88. The van der Waals surface area contributed by atoms with Gasteiger partial charge in [0.2, 0.25) is 5.89 Å². The lowest BCUT2D eigenvalue weighted by atomic mass is 9.87. The summed E-state index contributed by atoms with van der Waals surface area (Å²) >= 11 is 0. The molecule has 2 aromatic carbocycles. The average molecular weight is 527 g/mol. The van der Waals surface area contributed by atoms with E-state index in [1.807, 2.05) is 18.2 Å². The molecule has 0 saturated heterocycles. The predicted molar refractivity (Wildman–Crippen MR) is 133 cm³/mol. The molecule has 1 aliphatic carbocycles. The molecule has 3 N–H and O–H groups in total. The summed E-state index contributed by atoms with van der Waals surface area (Å²) < 4.78 is 56.3. The molecule has 0 saturated carbocycles. The Morgan fingerprint density at radius 3 is 2.66 bits per heavy atom. The molecule has 0 radical (unpaired) electrons. The van der Waals surface area contributed by atoms with Crippen LogP contribution < -0.4 is 20.5 Å². The number of carbonyl (C=O) groups excluding carboxylic acids is 1. The molecule has 0 aliphatic heterocycles. The normalized spacial score (nSPS) is 15.3. The largest absolute Gasteiger partial charge is 0.497 e. The van der Waals surface area contributed by atoms with Crippen molar-refractivity contribution in [3.05, 3.63) is 70.7 Å². The van der Waals surface area contributed by atoms with Crippen molar-refractivity contribution >= 4 is 16.8 Å². The van der Waals surface area contributed by atoms with E-state index in [2.05, 4.69) is 15.3 Å². The van der Waals surface area contributed by atoms with Crippen molar-refractivity contribution in [2.75, 3.05) is 14.2 Å². The van der Waals surface area contributed by atoms with Gasteiger partial charge in [0.1, 0.15) is 22.7 Å². The summed E-state index contributed by atoms with van der Waals surface area (Å²) in [5, 5.41) is 3.35. The molecule has 4 aromatic rings. The van der Waals surface area contributed by atoms with Gasteiger partial charge in [-0.1, -0.05) is 6.07 Å². The molecule has 5 rings (SSSR count). The van der Waals surface area contributed by atoms with Gasteiger partial charge in [0.05, 0.1) is 26.8 Å². The number of nitrogens with two attached hydrogens (primary N) is 1. The van der Waals surface area contributed by atoms with Crippen molar-refractivity contribution in [2.45, 2.75) is 38.0 Å². The monoisotopic (exact) mass is 526 g/mol. The first-order valence-corrected chi connectivity index (χ1v) is 12.0. The van der Waals surface area contributed by atoms with E-state index >= 15 is 0 Å². The summed E-state index contributed by atoms with van der Waals surface area (Å²) in [5.74, 6) is 0.588. The third-order valence-corrected chi connectivity index (χ3v) is 6.63. The number of alkyl halides is 3. The maximum atomic E-state index is 13.3. The third-order valence-electron chi connectivity index (χ3n) is 6.63. The smallest absolute Gasteiger partial charge is 0.433 e. The fourth-order valence-electron chi connectivity index (χ4n) is 4.76. The highest BCUT2D eigenvalue weighted by Gasteiger charge is 2.33. The van der Waals surface area contributed by atoms with Crippen LogP contribution in [-0.4, -0.2) is 30.1 Å². The van der Waals surface area contributed by atoms with Gasteiger partial charge in [-0.05, 0) is 66.8 Å². The Morgan fingerprint density at radius 1 is 1.13 bits per heavy atom. The second-order valence-electron chi connectivity index (χ2n) is 8.88. The van der Waals surface area contributed by atoms with Crippen LogP contribution in [0.4, 0.5) is 13.2 Å². The van der Waals surface area contributed by atoms with Gasteiger partial charge < -0.3 is 24.9 Å². The summed E-state index contributed by atoms with van der Waals surface area (Å²) in [7, 11) is 2.93. The molecule has 2 aromatic heterocycles. The number of methoxy groups -OCH3 is 2. The first-order chi connectivity index (χ1) is 18.2. The fourth-order valence-corrected chi connectivity index (χ4v) is 4.76.